The van der Waals surface area contributed by atoms with Gasteiger partial charge in [0, 0.05) is 31.8 Å². The molecule has 0 saturated carbocycles. The summed E-state index contributed by atoms with van der Waals surface area (Å²) >= 11 is 0. The lowest BCUT2D eigenvalue weighted by Gasteiger charge is -2.27. The summed E-state index contributed by atoms with van der Waals surface area (Å²) in [7, 11) is 1.68. The van der Waals surface area contributed by atoms with Gasteiger partial charge in [0.2, 0.25) is 0 Å². The SMILES string of the molecule is CCOC.Fc1ccc2c(c1)OCCC2Nc1ncnc2[nH]c(C(F)(F)F)cc12. The van der Waals surface area contributed by atoms with E-state index in [4.69, 9.17) is 4.74 Å². The van der Waals surface area contributed by atoms with E-state index in [9.17, 15) is 17.6 Å². The van der Waals surface area contributed by atoms with Crippen molar-refractivity contribution in [2.45, 2.75) is 25.6 Å². The van der Waals surface area contributed by atoms with E-state index in [-0.39, 0.29) is 22.9 Å². The van der Waals surface area contributed by atoms with Crippen LogP contribution in [0.3, 0.4) is 0 Å². The van der Waals surface area contributed by atoms with E-state index in [0.717, 1.165) is 18.2 Å². The van der Waals surface area contributed by atoms with Crippen LogP contribution < -0.4 is 10.1 Å². The van der Waals surface area contributed by atoms with Gasteiger partial charge in [0.25, 0.3) is 0 Å². The predicted molar refractivity (Wildman–Crippen MR) is 99.3 cm³/mol. The summed E-state index contributed by atoms with van der Waals surface area (Å²) in [5.74, 6) is 0.280. The van der Waals surface area contributed by atoms with E-state index in [1.165, 1.54) is 18.5 Å². The Morgan fingerprint density at radius 3 is 2.72 bits per heavy atom. The molecule has 0 spiro atoms. The minimum Gasteiger partial charge on any atom is -0.493 e. The van der Waals surface area contributed by atoms with Crippen molar-refractivity contribution < 1.29 is 27.0 Å². The molecule has 0 aliphatic carbocycles. The molecular weight excluding hydrogens is 392 g/mol. The van der Waals surface area contributed by atoms with Gasteiger partial charge in [-0.1, -0.05) is 6.07 Å². The molecule has 0 amide bonds. The number of nitrogens with zero attached hydrogens (tertiary/aromatic N) is 2. The van der Waals surface area contributed by atoms with Crippen LogP contribution in [-0.4, -0.2) is 35.3 Å². The molecule has 2 aromatic heterocycles. The van der Waals surface area contributed by atoms with E-state index in [1.807, 2.05) is 6.92 Å². The van der Waals surface area contributed by atoms with Crippen LogP contribution in [0.5, 0.6) is 5.75 Å². The van der Waals surface area contributed by atoms with Gasteiger partial charge in [-0.3, -0.25) is 0 Å². The molecule has 1 aliphatic heterocycles. The second kappa shape index (κ2) is 8.64. The summed E-state index contributed by atoms with van der Waals surface area (Å²) < 4.78 is 62.0. The monoisotopic (exact) mass is 412 g/mol. The molecule has 0 fully saturated rings. The van der Waals surface area contributed by atoms with Gasteiger partial charge in [0.1, 0.15) is 35.1 Å². The Bertz CT molecular complexity index is 972. The zero-order chi connectivity index (χ0) is 21.0. The molecule has 0 bridgehead atoms. The minimum atomic E-state index is -4.50. The van der Waals surface area contributed by atoms with Gasteiger partial charge in [-0.05, 0) is 19.1 Å². The molecule has 29 heavy (non-hydrogen) atoms. The highest BCUT2D eigenvalue weighted by Gasteiger charge is 2.33. The zero-order valence-corrected chi connectivity index (χ0v) is 15.8. The second-order valence-electron chi connectivity index (χ2n) is 6.26. The minimum absolute atomic E-state index is 0.0937. The van der Waals surface area contributed by atoms with Gasteiger partial charge >= 0.3 is 6.18 Å². The van der Waals surface area contributed by atoms with Crippen LogP contribution in [0.4, 0.5) is 23.4 Å². The summed E-state index contributed by atoms with van der Waals surface area (Å²) in [6, 6.07) is 4.92. The number of alkyl halides is 3. The van der Waals surface area contributed by atoms with Gasteiger partial charge in [-0.15, -0.1) is 0 Å². The number of ether oxygens (including phenoxy) is 2. The zero-order valence-electron chi connectivity index (χ0n) is 15.8. The number of hydrogen-bond acceptors (Lipinski definition) is 5. The summed E-state index contributed by atoms with van der Waals surface area (Å²) in [6.07, 6.45) is -2.74. The molecule has 1 aromatic carbocycles. The van der Waals surface area contributed by atoms with Crippen LogP contribution in [0.2, 0.25) is 0 Å². The highest BCUT2D eigenvalue weighted by Crippen LogP contribution is 2.37. The number of aromatic amines is 1. The first kappa shape index (κ1) is 20.8. The van der Waals surface area contributed by atoms with E-state index in [0.29, 0.717) is 18.8 Å². The Balaban J connectivity index is 0.000000552. The van der Waals surface area contributed by atoms with Crippen molar-refractivity contribution in [3.05, 3.63) is 47.7 Å². The number of fused-ring (bicyclic) bond motifs is 2. The number of anilines is 1. The van der Waals surface area contributed by atoms with Crippen LogP contribution in [0, 0.1) is 5.82 Å². The molecular formula is C19H20F4N4O2. The lowest BCUT2D eigenvalue weighted by Crippen LogP contribution is -2.21. The van der Waals surface area contributed by atoms with E-state index < -0.39 is 17.7 Å². The number of hydrogen-bond donors (Lipinski definition) is 2. The normalized spacial score (nSPS) is 15.9. The Kier molecular flexibility index (Phi) is 6.21. The highest BCUT2D eigenvalue weighted by atomic mass is 19.4. The molecule has 1 atom stereocenters. The van der Waals surface area contributed by atoms with Crippen LogP contribution in [0.25, 0.3) is 11.0 Å². The average Bonchev–Trinajstić information content (AvgIpc) is 3.14. The third kappa shape index (κ3) is 4.76. The van der Waals surface area contributed by atoms with Crippen molar-refractivity contribution in [3.63, 3.8) is 0 Å². The molecule has 1 unspecified atom stereocenters. The molecule has 0 saturated heterocycles. The lowest BCUT2D eigenvalue weighted by molar-refractivity contribution is -0.140. The van der Waals surface area contributed by atoms with Crippen molar-refractivity contribution in [1.82, 2.24) is 15.0 Å². The highest BCUT2D eigenvalue weighted by molar-refractivity contribution is 5.88. The Morgan fingerprint density at radius 1 is 1.28 bits per heavy atom. The summed E-state index contributed by atoms with van der Waals surface area (Å²) in [5, 5.41) is 3.36. The Morgan fingerprint density at radius 2 is 2.03 bits per heavy atom. The van der Waals surface area contributed by atoms with Crippen LogP contribution in [0.1, 0.15) is 30.6 Å². The van der Waals surface area contributed by atoms with Gasteiger partial charge in [0.15, 0.2) is 0 Å². The third-order valence-electron chi connectivity index (χ3n) is 4.35. The maximum absolute atomic E-state index is 13.3. The molecule has 3 heterocycles. The van der Waals surface area contributed by atoms with Crippen molar-refractivity contribution >= 4 is 16.9 Å². The summed E-state index contributed by atoms with van der Waals surface area (Å²) in [4.78, 5) is 10.2. The van der Waals surface area contributed by atoms with Gasteiger partial charge in [-0.2, -0.15) is 13.2 Å². The fraction of sp³-hybridized carbons (Fsp3) is 0.368. The standard InChI is InChI=1S/C16H12F4N4O.C3H8O/c17-8-1-2-9-11(3-4-25-12(9)5-8)23-14-10-6-13(16(18,19)20)24-15(10)22-7-21-14;1-3-4-2/h1-2,5-7,11H,3-4H2,(H2,21,22,23,24);3H2,1-2H3. The molecule has 3 aromatic rings. The van der Waals surface area contributed by atoms with Crippen LogP contribution >= 0.6 is 0 Å². The molecule has 6 nitrogen and oxygen atoms in total. The maximum Gasteiger partial charge on any atom is 0.431 e. The van der Waals surface area contributed by atoms with Crippen molar-refractivity contribution in [2.75, 3.05) is 25.6 Å². The van der Waals surface area contributed by atoms with Crippen molar-refractivity contribution in [1.29, 1.82) is 0 Å². The smallest absolute Gasteiger partial charge is 0.431 e. The largest absolute Gasteiger partial charge is 0.493 e. The summed E-state index contributed by atoms with van der Waals surface area (Å²) in [6.45, 7) is 3.14. The fourth-order valence-corrected chi connectivity index (χ4v) is 2.89. The summed E-state index contributed by atoms with van der Waals surface area (Å²) in [5.41, 5.74) is -0.0669. The quantitative estimate of drug-likeness (QED) is 0.610. The molecule has 10 heteroatoms. The number of benzene rings is 1. The lowest BCUT2D eigenvalue weighted by atomic mass is 10.0. The van der Waals surface area contributed by atoms with Crippen molar-refractivity contribution in [2.24, 2.45) is 0 Å². The Hall–Kier alpha value is -2.88. The first-order chi connectivity index (χ1) is 13.8. The first-order valence-electron chi connectivity index (χ1n) is 8.92. The van der Waals surface area contributed by atoms with Crippen LogP contribution in [0.15, 0.2) is 30.6 Å². The average molecular weight is 412 g/mol. The molecule has 156 valence electrons. The van der Waals surface area contributed by atoms with Gasteiger partial charge < -0.3 is 19.8 Å². The topological polar surface area (TPSA) is 72.1 Å². The number of halogens is 4. The molecule has 2 N–H and O–H groups in total. The third-order valence-corrected chi connectivity index (χ3v) is 4.35. The number of methoxy groups -OCH3 is 1. The van der Waals surface area contributed by atoms with E-state index in [1.54, 1.807) is 13.2 Å². The van der Waals surface area contributed by atoms with Gasteiger partial charge in [0.05, 0.1) is 18.0 Å². The number of aromatic nitrogens is 3. The second-order valence-corrected chi connectivity index (χ2v) is 6.26. The maximum atomic E-state index is 13.3. The predicted octanol–water partition coefficient (Wildman–Crippen LogP) is 4.70. The number of H-pyrrole nitrogens is 1. The van der Waals surface area contributed by atoms with Gasteiger partial charge in [-0.25, -0.2) is 14.4 Å². The number of rotatable bonds is 3. The molecule has 0 radical (unpaired) electrons. The Labute approximate surface area is 164 Å². The van der Waals surface area contributed by atoms with E-state index in [2.05, 4.69) is 25.0 Å². The fourth-order valence-electron chi connectivity index (χ4n) is 2.89. The first-order valence-corrected chi connectivity index (χ1v) is 8.92. The number of nitrogens with one attached hydrogen (secondary N) is 2. The molecule has 4 rings (SSSR count). The van der Waals surface area contributed by atoms with E-state index >= 15 is 0 Å². The van der Waals surface area contributed by atoms with Crippen molar-refractivity contribution in [3.8, 4) is 5.75 Å². The molecule has 1 aliphatic rings. The van der Waals surface area contributed by atoms with Crippen LogP contribution in [-0.2, 0) is 10.9 Å².